The summed E-state index contributed by atoms with van der Waals surface area (Å²) in [6.45, 7) is 6.60. The number of nitrogens with two attached hydrogens (primary N) is 1. The fourth-order valence-electron chi connectivity index (χ4n) is 2.04. The van der Waals surface area contributed by atoms with E-state index in [2.05, 4.69) is 19.2 Å². The Hall–Kier alpha value is -0.0800. The second-order valence-electron chi connectivity index (χ2n) is 4.91. The maximum atomic E-state index is 5.45. The lowest BCUT2D eigenvalue weighted by molar-refractivity contribution is 0.486. The standard InChI is InChI=1S/C14H32N2/c1-3-11-14(2)16-13-10-8-6-4-5-7-9-12-15/h14,16H,3-13,15H2,1-2H3. The van der Waals surface area contributed by atoms with Crippen molar-refractivity contribution in [1.82, 2.24) is 5.32 Å². The molecule has 0 amide bonds. The van der Waals surface area contributed by atoms with Crippen LogP contribution in [0.25, 0.3) is 0 Å². The normalized spacial score (nSPS) is 12.9. The number of unbranched alkanes of at least 4 members (excludes halogenated alkanes) is 6. The van der Waals surface area contributed by atoms with E-state index in [0.29, 0.717) is 6.04 Å². The summed E-state index contributed by atoms with van der Waals surface area (Å²) in [4.78, 5) is 0. The van der Waals surface area contributed by atoms with Gasteiger partial charge in [-0.15, -0.1) is 0 Å². The van der Waals surface area contributed by atoms with Crippen LogP contribution >= 0.6 is 0 Å². The molecule has 16 heavy (non-hydrogen) atoms. The molecule has 0 fully saturated rings. The zero-order chi connectivity index (χ0) is 12.1. The van der Waals surface area contributed by atoms with Crippen molar-refractivity contribution in [3.63, 3.8) is 0 Å². The second-order valence-corrected chi connectivity index (χ2v) is 4.91. The van der Waals surface area contributed by atoms with Crippen LogP contribution in [0.2, 0.25) is 0 Å². The van der Waals surface area contributed by atoms with E-state index in [4.69, 9.17) is 5.73 Å². The van der Waals surface area contributed by atoms with Gasteiger partial charge in [-0.1, -0.05) is 45.4 Å². The van der Waals surface area contributed by atoms with E-state index in [1.54, 1.807) is 0 Å². The van der Waals surface area contributed by atoms with Crippen molar-refractivity contribution in [2.75, 3.05) is 13.1 Å². The summed E-state index contributed by atoms with van der Waals surface area (Å²) in [6, 6.07) is 0.703. The second kappa shape index (κ2) is 13.0. The van der Waals surface area contributed by atoms with Crippen LogP contribution in [0.4, 0.5) is 0 Å². The molecule has 2 nitrogen and oxygen atoms in total. The summed E-state index contributed by atoms with van der Waals surface area (Å²) in [7, 11) is 0. The summed E-state index contributed by atoms with van der Waals surface area (Å²) in [5.41, 5.74) is 5.45. The molecule has 0 heterocycles. The van der Waals surface area contributed by atoms with E-state index >= 15 is 0 Å². The maximum absolute atomic E-state index is 5.45. The van der Waals surface area contributed by atoms with E-state index in [1.165, 1.54) is 64.3 Å². The zero-order valence-corrected chi connectivity index (χ0v) is 11.4. The molecule has 0 aromatic carbocycles. The lowest BCUT2D eigenvalue weighted by atomic mass is 10.1. The van der Waals surface area contributed by atoms with Crippen LogP contribution in [0.5, 0.6) is 0 Å². The molecule has 0 aliphatic heterocycles. The van der Waals surface area contributed by atoms with Gasteiger partial charge in [0.2, 0.25) is 0 Å². The highest BCUT2D eigenvalue weighted by Gasteiger charge is 1.98. The third-order valence-electron chi connectivity index (χ3n) is 3.10. The van der Waals surface area contributed by atoms with E-state index in [-0.39, 0.29) is 0 Å². The van der Waals surface area contributed by atoms with Gasteiger partial charge < -0.3 is 11.1 Å². The predicted octanol–water partition coefficient (Wildman–Crippen LogP) is 3.45. The van der Waals surface area contributed by atoms with Crippen LogP contribution in [0.3, 0.4) is 0 Å². The van der Waals surface area contributed by atoms with Gasteiger partial charge in [0, 0.05) is 6.04 Å². The van der Waals surface area contributed by atoms with Crippen molar-refractivity contribution in [2.24, 2.45) is 5.73 Å². The van der Waals surface area contributed by atoms with E-state index in [0.717, 1.165) is 6.54 Å². The lowest BCUT2D eigenvalue weighted by Gasteiger charge is -2.12. The van der Waals surface area contributed by atoms with Crippen molar-refractivity contribution in [3.8, 4) is 0 Å². The number of hydrogen-bond donors (Lipinski definition) is 2. The predicted molar refractivity (Wildman–Crippen MR) is 73.7 cm³/mol. The first-order valence-electron chi connectivity index (χ1n) is 7.24. The fraction of sp³-hybridized carbons (Fsp3) is 1.00. The third kappa shape index (κ3) is 12.0. The first kappa shape index (κ1) is 15.9. The van der Waals surface area contributed by atoms with Gasteiger partial charge >= 0.3 is 0 Å². The molecule has 0 bridgehead atoms. The molecular weight excluding hydrogens is 196 g/mol. The Labute approximate surface area is 102 Å². The minimum Gasteiger partial charge on any atom is -0.330 e. The van der Waals surface area contributed by atoms with E-state index < -0.39 is 0 Å². The molecule has 0 saturated carbocycles. The van der Waals surface area contributed by atoms with Crippen molar-refractivity contribution in [1.29, 1.82) is 0 Å². The molecule has 3 N–H and O–H groups in total. The topological polar surface area (TPSA) is 38.0 Å². The van der Waals surface area contributed by atoms with Crippen molar-refractivity contribution in [3.05, 3.63) is 0 Å². The number of rotatable bonds is 12. The minimum absolute atomic E-state index is 0.703. The first-order valence-corrected chi connectivity index (χ1v) is 7.24. The Kier molecular flexibility index (Phi) is 12.9. The molecular formula is C14H32N2. The highest BCUT2D eigenvalue weighted by molar-refractivity contribution is 4.59. The summed E-state index contributed by atoms with van der Waals surface area (Å²) in [5, 5.41) is 3.58. The van der Waals surface area contributed by atoms with Gasteiger partial charge in [-0.05, 0) is 39.3 Å². The maximum Gasteiger partial charge on any atom is 0.00386 e. The highest BCUT2D eigenvalue weighted by atomic mass is 14.9. The van der Waals surface area contributed by atoms with Gasteiger partial charge in [0.15, 0.2) is 0 Å². The quantitative estimate of drug-likeness (QED) is 0.502. The smallest absolute Gasteiger partial charge is 0.00386 e. The highest BCUT2D eigenvalue weighted by Crippen LogP contribution is 2.06. The van der Waals surface area contributed by atoms with Gasteiger partial charge in [-0.3, -0.25) is 0 Å². The monoisotopic (exact) mass is 228 g/mol. The SMILES string of the molecule is CCCC(C)NCCCCCCCCCN. The Morgan fingerprint density at radius 2 is 1.50 bits per heavy atom. The third-order valence-corrected chi connectivity index (χ3v) is 3.10. The van der Waals surface area contributed by atoms with Gasteiger partial charge in [0.1, 0.15) is 0 Å². The first-order chi connectivity index (χ1) is 7.81. The molecule has 0 aromatic heterocycles. The lowest BCUT2D eigenvalue weighted by Crippen LogP contribution is -2.26. The molecule has 0 spiro atoms. The van der Waals surface area contributed by atoms with Crippen LogP contribution in [-0.2, 0) is 0 Å². The Bertz CT molecular complexity index is 126. The Morgan fingerprint density at radius 1 is 0.938 bits per heavy atom. The number of hydrogen-bond acceptors (Lipinski definition) is 2. The van der Waals surface area contributed by atoms with Crippen LogP contribution in [-0.4, -0.2) is 19.1 Å². The summed E-state index contributed by atoms with van der Waals surface area (Å²) in [6.07, 6.45) is 12.0. The van der Waals surface area contributed by atoms with Crippen LogP contribution < -0.4 is 11.1 Å². The van der Waals surface area contributed by atoms with Crippen LogP contribution in [0.1, 0.15) is 71.6 Å². The molecule has 0 saturated heterocycles. The Balaban J connectivity index is 2.98. The van der Waals surface area contributed by atoms with Crippen LogP contribution in [0, 0.1) is 0 Å². The molecule has 2 heteroatoms. The van der Waals surface area contributed by atoms with E-state index in [1.807, 2.05) is 0 Å². The summed E-state index contributed by atoms with van der Waals surface area (Å²) >= 11 is 0. The average molecular weight is 228 g/mol. The van der Waals surface area contributed by atoms with Gasteiger partial charge in [0.05, 0.1) is 0 Å². The fourth-order valence-corrected chi connectivity index (χ4v) is 2.04. The van der Waals surface area contributed by atoms with Crippen molar-refractivity contribution >= 4 is 0 Å². The molecule has 0 aliphatic carbocycles. The molecule has 0 radical (unpaired) electrons. The molecule has 0 rings (SSSR count). The molecule has 1 atom stereocenters. The molecule has 98 valence electrons. The largest absolute Gasteiger partial charge is 0.330 e. The minimum atomic E-state index is 0.703. The van der Waals surface area contributed by atoms with Gasteiger partial charge in [-0.25, -0.2) is 0 Å². The summed E-state index contributed by atoms with van der Waals surface area (Å²) < 4.78 is 0. The van der Waals surface area contributed by atoms with Gasteiger partial charge in [-0.2, -0.15) is 0 Å². The molecule has 0 aliphatic rings. The average Bonchev–Trinajstić information content (AvgIpc) is 2.27. The van der Waals surface area contributed by atoms with Crippen molar-refractivity contribution in [2.45, 2.75) is 77.7 Å². The zero-order valence-electron chi connectivity index (χ0n) is 11.4. The molecule has 1 unspecified atom stereocenters. The van der Waals surface area contributed by atoms with E-state index in [9.17, 15) is 0 Å². The van der Waals surface area contributed by atoms with Gasteiger partial charge in [0.25, 0.3) is 0 Å². The van der Waals surface area contributed by atoms with Crippen LogP contribution in [0.15, 0.2) is 0 Å². The number of nitrogens with one attached hydrogen (secondary N) is 1. The summed E-state index contributed by atoms with van der Waals surface area (Å²) in [5.74, 6) is 0. The Morgan fingerprint density at radius 3 is 2.06 bits per heavy atom. The van der Waals surface area contributed by atoms with Crippen molar-refractivity contribution < 1.29 is 0 Å². The molecule has 0 aromatic rings.